The van der Waals surface area contributed by atoms with Crippen molar-refractivity contribution in [3.8, 4) is 11.4 Å². The number of hydrogen-bond acceptors (Lipinski definition) is 5. The molecule has 0 spiro atoms. The zero-order valence-electron chi connectivity index (χ0n) is 17.5. The Kier molecular flexibility index (Phi) is 5.79. The maximum absolute atomic E-state index is 12.6. The molecular weight excluding hydrogens is 378 g/mol. The van der Waals surface area contributed by atoms with Crippen molar-refractivity contribution in [3.63, 3.8) is 0 Å². The largest absolute Gasteiger partial charge is 0.497 e. The molecule has 0 atom stereocenters. The van der Waals surface area contributed by atoms with E-state index in [1.807, 2.05) is 43.3 Å². The third-order valence-corrected chi connectivity index (χ3v) is 6.06. The van der Waals surface area contributed by atoms with Crippen LogP contribution in [0.2, 0.25) is 0 Å². The summed E-state index contributed by atoms with van der Waals surface area (Å²) in [7, 11) is 1.68. The molecule has 1 saturated carbocycles. The highest BCUT2D eigenvalue weighted by Crippen LogP contribution is 2.41. The van der Waals surface area contributed by atoms with Crippen molar-refractivity contribution in [2.45, 2.75) is 44.4 Å². The fraction of sp³-hybridized carbons (Fsp3) is 0.391. The predicted molar refractivity (Wildman–Crippen MR) is 114 cm³/mol. The number of benzene rings is 2. The van der Waals surface area contributed by atoms with Gasteiger partial charge in [0.15, 0.2) is 5.82 Å². The van der Waals surface area contributed by atoms with E-state index in [-0.39, 0.29) is 11.3 Å². The summed E-state index contributed by atoms with van der Waals surface area (Å²) in [4.78, 5) is 12.6. The van der Waals surface area contributed by atoms with Crippen LogP contribution in [0.1, 0.15) is 42.6 Å². The van der Waals surface area contributed by atoms with Gasteiger partial charge in [-0.1, -0.05) is 37.1 Å². The molecule has 30 heavy (non-hydrogen) atoms. The first-order valence-electron chi connectivity index (χ1n) is 10.4. The summed E-state index contributed by atoms with van der Waals surface area (Å²) in [6.07, 6.45) is 4.94. The Morgan fingerprint density at radius 1 is 1.10 bits per heavy atom. The van der Waals surface area contributed by atoms with Gasteiger partial charge in [-0.15, -0.1) is 5.10 Å². The second kappa shape index (κ2) is 8.65. The number of rotatable bonds is 7. The lowest BCUT2D eigenvalue weighted by Crippen LogP contribution is -2.39. The van der Waals surface area contributed by atoms with Crippen molar-refractivity contribution in [3.05, 3.63) is 65.5 Å². The van der Waals surface area contributed by atoms with E-state index in [1.165, 1.54) is 18.4 Å². The monoisotopic (exact) mass is 405 g/mol. The molecule has 3 aromatic rings. The number of amides is 1. The lowest BCUT2D eigenvalue weighted by molar-refractivity contribution is -0.120. The molecule has 1 aliphatic carbocycles. The van der Waals surface area contributed by atoms with E-state index in [0.717, 1.165) is 35.7 Å². The SMILES string of the molecule is COc1ccc(C2(CNC(=O)Cc3ccc(-n4nnnc4C)cc3)CCCC2)cc1. The van der Waals surface area contributed by atoms with Crippen LogP contribution in [-0.2, 0) is 16.6 Å². The van der Waals surface area contributed by atoms with E-state index in [2.05, 4.69) is 33.0 Å². The highest BCUT2D eigenvalue weighted by Gasteiger charge is 2.35. The molecule has 1 aromatic heterocycles. The molecule has 0 radical (unpaired) electrons. The molecule has 1 aliphatic rings. The van der Waals surface area contributed by atoms with Crippen LogP contribution < -0.4 is 10.1 Å². The first-order chi connectivity index (χ1) is 14.6. The van der Waals surface area contributed by atoms with Gasteiger partial charge in [0.2, 0.25) is 5.91 Å². The zero-order chi connectivity index (χ0) is 21.0. The molecule has 0 bridgehead atoms. The Hall–Kier alpha value is -3.22. The molecule has 1 amide bonds. The Bertz CT molecular complexity index is 989. The molecule has 1 N–H and O–H groups in total. The van der Waals surface area contributed by atoms with E-state index in [0.29, 0.717) is 13.0 Å². The second-order valence-electron chi connectivity index (χ2n) is 7.97. The minimum absolute atomic E-state index is 0.0173. The molecule has 2 aromatic carbocycles. The highest BCUT2D eigenvalue weighted by molar-refractivity contribution is 5.78. The number of ether oxygens (including phenoxy) is 1. The van der Waals surface area contributed by atoms with Gasteiger partial charge in [0.1, 0.15) is 5.75 Å². The van der Waals surface area contributed by atoms with Crippen molar-refractivity contribution >= 4 is 5.91 Å². The van der Waals surface area contributed by atoms with E-state index >= 15 is 0 Å². The summed E-state index contributed by atoms with van der Waals surface area (Å²) in [5, 5.41) is 14.7. The van der Waals surface area contributed by atoms with Gasteiger partial charge in [0.25, 0.3) is 0 Å². The fourth-order valence-corrected chi connectivity index (χ4v) is 4.30. The molecule has 4 rings (SSSR count). The Balaban J connectivity index is 1.39. The van der Waals surface area contributed by atoms with E-state index in [1.54, 1.807) is 11.8 Å². The average molecular weight is 406 g/mol. The topological polar surface area (TPSA) is 81.9 Å². The van der Waals surface area contributed by atoms with Gasteiger partial charge in [-0.05, 0) is 65.6 Å². The van der Waals surface area contributed by atoms with Gasteiger partial charge >= 0.3 is 0 Å². The molecular formula is C23H27N5O2. The summed E-state index contributed by atoms with van der Waals surface area (Å²) in [6.45, 7) is 2.52. The van der Waals surface area contributed by atoms with Crippen molar-refractivity contribution in [2.75, 3.05) is 13.7 Å². The summed E-state index contributed by atoms with van der Waals surface area (Å²) in [6, 6.07) is 16.0. The maximum Gasteiger partial charge on any atom is 0.224 e. The van der Waals surface area contributed by atoms with Gasteiger partial charge in [-0.3, -0.25) is 4.79 Å². The van der Waals surface area contributed by atoms with Crippen LogP contribution in [0, 0.1) is 6.92 Å². The van der Waals surface area contributed by atoms with Crippen LogP contribution in [0.15, 0.2) is 48.5 Å². The third-order valence-electron chi connectivity index (χ3n) is 6.06. The Labute approximate surface area is 176 Å². The molecule has 0 unspecified atom stereocenters. The standard InChI is InChI=1S/C23H27N5O2/c1-17-25-26-27-28(17)20-9-5-18(6-10-20)15-22(29)24-16-23(13-3-4-14-23)19-7-11-21(30-2)12-8-19/h5-12H,3-4,13-16H2,1-2H3,(H,24,29). The van der Waals surface area contributed by atoms with Crippen LogP contribution >= 0.6 is 0 Å². The van der Waals surface area contributed by atoms with E-state index < -0.39 is 0 Å². The number of tetrazole rings is 1. The van der Waals surface area contributed by atoms with Gasteiger partial charge in [0.05, 0.1) is 19.2 Å². The minimum Gasteiger partial charge on any atom is -0.497 e. The van der Waals surface area contributed by atoms with Gasteiger partial charge < -0.3 is 10.1 Å². The molecule has 156 valence electrons. The normalized spacial score (nSPS) is 15.1. The third kappa shape index (κ3) is 4.20. The average Bonchev–Trinajstić information content (AvgIpc) is 3.43. The van der Waals surface area contributed by atoms with Gasteiger partial charge in [-0.25, -0.2) is 0 Å². The fourth-order valence-electron chi connectivity index (χ4n) is 4.30. The van der Waals surface area contributed by atoms with Crippen LogP contribution in [0.3, 0.4) is 0 Å². The summed E-state index contributed by atoms with van der Waals surface area (Å²) in [5.41, 5.74) is 3.14. The smallest absolute Gasteiger partial charge is 0.224 e. The van der Waals surface area contributed by atoms with Crippen molar-refractivity contribution < 1.29 is 9.53 Å². The predicted octanol–water partition coefficient (Wildman–Crippen LogP) is 3.15. The minimum atomic E-state index is 0.0173. The van der Waals surface area contributed by atoms with Crippen molar-refractivity contribution in [1.82, 2.24) is 25.5 Å². The second-order valence-corrected chi connectivity index (χ2v) is 7.97. The number of carbonyl (C=O) groups is 1. The van der Waals surface area contributed by atoms with E-state index in [4.69, 9.17) is 4.74 Å². The highest BCUT2D eigenvalue weighted by atomic mass is 16.5. The lowest BCUT2D eigenvalue weighted by atomic mass is 9.78. The summed E-state index contributed by atoms with van der Waals surface area (Å²) in [5.74, 6) is 1.62. The number of methoxy groups -OCH3 is 1. The zero-order valence-corrected chi connectivity index (χ0v) is 17.5. The van der Waals surface area contributed by atoms with Crippen LogP contribution in [0.25, 0.3) is 5.69 Å². The number of carbonyl (C=O) groups excluding carboxylic acids is 1. The Morgan fingerprint density at radius 2 is 1.80 bits per heavy atom. The molecule has 7 nitrogen and oxygen atoms in total. The number of nitrogens with one attached hydrogen (secondary N) is 1. The molecule has 0 aliphatic heterocycles. The molecule has 7 heteroatoms. The first-order valence-corrected chi connectivity index (χ1v) is 10.4. The first kappa shape index (κ1) is 20.1. The lowest BCUT2D eigenvalue weighted by Gasteiger charge is -2.30. The summed E-state index contributed by atoms with van der Waals surface area (Å²) >= 11 is 0. The number of aromatic nitrogens is 4. The van der Waals surface area contributed by atoms with Crippen molar-refractivity contribution in [1.29, 1.82) is 0 Å². The number of aryl methyl sites for hydroxylation is 1. The Morgan fingerprint density at radius 3 is 2.40 bits per heavy atom. The molecule has 0 saturated heterocycles. The van der Waals surface area contributed by atoms with Crippen LogP contribution in [0.4, 0.5) is 0 Å². The number of hydrogen-bond donors (Lipinski definition) is 1. The number of nitrogens with zero attached hydrogens (tertiary/aromatic N) is 4. The summed E-state index contributed by atoms with van der Waals surface area (Å²) < 4.78 is 6.95. The molecule has 1 fully saturated rings. The van der Waals surface area contributed by atoms with Crippen molar-refractivity contribution in [2.24, 2.45) is 0 Å². The van der Waals surface area contributed by atoms with Gasteiger partial charge in [-0.2, -0.15) is 4.68 Å². The quantitative estimate of drug-likeness (QED) is 0.653. The van der Waals surface area contributed by atoms with Crippen LogP contribution in [0.5, 0.6) is 5.75 Å². The van der Waals surface area contributed by atoms with Crippen LogP contribution in [-0.4, -0.2) is 39.8 Å². The van der Waals surface area contributed by atoms with Gasteiger partial charge in [0, 0.05) is 12.0 Å². The maximum atomic E-state index is 12.6. The molecule has 1 heterocycles. The van der Waals surface area contributed by atoms with E-state index in [9.17, 15) is 4.79 Å².